The molecule has 2 aliphatic rings. The summed E-state index contributed by atoms with van der Waals surface area (Å²) in [7, 11) is -3.57. The normalized spacial score (nSPS) is 22.0. The Morgan fingerprint density at radius 1 is 1.35 bits per heavy atom. The monoisotopic (exact) mass is 339 g/mol. The van der Waals surface area contributed by atoms with Crippen molar-refractivity contribution in [1.82, 2.24) is 9.62 Å². The number of carbonyl (C=O) groups excluding carboxylic acids is 1. The highest BCUT2D eigenvalue weighted by atomic mass is 32.2. The lowest BCUT2D eigenvalue weighted by molar-refractivity contribution is -0.116. The lowest BCUT2D eigenvalue weighted by Gasteiger charge is -2.26. The molecular formula is C15H21N3O4S. The Morgan fingerprint density at radius 3 is 2.83 bits per heavy atom. The smallest absolute Gasteiger partial charge is 0.240 e. The zero-order chi connectivity index (χ0) is 16.4. The zero-order valence-corrected chi connectivity index (χ0v) is 13.9. The Balaban J connectivity index is 1.65. The molecule has 1 amide bonds. The minimum Gasteiger partial charge on any atom is -0.379 e. The molecule has 1 aromatic rings. The SMILES string of the molecule is C[C@H]1C(=O)Nc2ccc(S(=O)(=O)NCCN3CCOCC3)cc21. The third-order valence-corrected chi connectivity index (χ3v) is 5.73. The largest absolute Gasteiger partial charge is 0.379 e. The molecule has 7 nitrogen and oxygen atoms in total. The molecule has 2 N–H and O–H groups in total. The van der Waals surface area contributed by atoms with E-state index in [1.54, 1.807) is 19.1 Å². The molecule has 0 unspecified atom stereocenters. The summed E-state index contributed by atoms with van der Waals surface area (Å²) >= 11 is 0. The third-order valence-electron chi connectivity index (χ3n) is 4.27. The van der Waals surface area contributed by atoms with Crippen LogP contribution in [0.15, 0.2) is 23.1 Å². The Morgan fingerprint density at radius 2 is 2.09 bits per heavy atom. The number of morpholine rings is 1. The van der Waals surface area contributed by atoms with E-state index in [1.165, 1.54) is 6.07 Å². The summed E-state index contributed by atoms with van der Waals surface area (Å²) < 4.78 is 32.7. The van der Waals surface area contributed by atoms with Crippen LogP contribution >= 0.6 is 0 Å². The van der Waals surface area contributed by atoms with Gasteiger partial charge in [-0.15, -0.1) is 0 Å². The number of carbonyl (C=O) groups is 1. The molecule has 0 radical (unpaired) electrons. The first-order valence-corrected chi connectivity index (χ1v) is 9.20. The highest BCUT2D eigenvalue weighted by Crippen LogP contribution is 2.33. The van der Waals surface area contributed by atoms with Gasteiger partial charge in [-0.3, -0.25) is 9.69 Å². The van der Waals surface area contributed by atoms with E-state index < -0.39 is 10.0 Å². The summed E-state index contributed by atoms with van der Waals surface area (Å²) in [4.78, 5) is 14.0. The molecule has 1 aromatic carbocycles. The van der Waals surface area contributed by atoms with Crippen molar-refractivity contribution in [2.24, 2.45) is 0 Å². The molecule has 126 valence electrons. The first-order valence-electron chi connectivity index (χ1n) is 7.72. The second-order valence-corrected chi connectivity index (χ2v) is 7.58. The van der Waals surface area contributed by atoms with Crippen molar-refractivity contribution in [2.75, 3.05) is 44.7 Å². The molecule has 1 fully saturated rings. The first kappa shape index (κ1) is 16.4. The van der Waals surface area contributed by atoms with Crippen molar-refractivity contribution >= 4 is 21.6 Å². The highest BCUT2D eigenvalue weighted by Gasteiger charge is 2.28. The van der Waals surface area contributed by atoms with Crippen LogP contribution in [0.1, 0.15) is 18.4 Å². The Hall–Kier alpha value is -1.48. The molecule has 0 spiro atoms. The molecule has 8 heteroatoms. The van der Waals surface area contributed by atoms with Gasteiger partial charge in [0.05, 0.1) is 24.0 Å². The van der Waals surface area contributed by atoms with Crippen LogP contribution in [-0.4, -0.2) is 58.6 Å². The van der Waals surface area contributed by atoms with Gasteiger partial charge >= 0.3 is 0 Å². The predicted octanol–water partition coefficient (Wildman–Crippen LogP) is 0.353. The van der Waals surface area contributed by atoms with Gasteiger partial charge in [0.25, 0.3) is 0 Å². The van der Waals surface area contributed by atoms with Crippen LogP contribution in [0.3, 0.4) is 0 Å². The number of fused-ring (bicyclic) bond motifs is 1. The molecule has 0 aromatic heterocycles. The predicted molar refractivity (Wildman–Crippen MR) is 85.9 cm³/mol. The van der Waals surface area contributed by atoms with Crippen LogP contribution in [0.25, 0.3) is 0 Å². The van der Waals surface area contributed by atoms with Crippen LogP contribution in [-0.2, 0) is 19.6 Å². The lowest BCUT2D eigenvalue weighted by Crippen LogP contribution is -2.41. The van der Waals surface area contributed by atoms with Crippen LogP contribution in [0.4, 0.5) is 5.69 Å². The topological polar surface area (TPSA) is 87.7 Å². The summed E-state index contributed by atoms with van der Waals surface area (Å²) in [5.41, 5.74) is 1.42. The molecule has 23 heavy (non-hydrogen) atoms. The van der Waals surface area contributed by atoms with Crippen LogP contribution in [0.2, 0.25) is 0 Å². The standard InChI is InChI=1S/C15H21N3O4S/c1-11-13-10-12(2-3-14(13)17-15(11)19)23(20,21)16-4-5-18-6-8-22-9-7-18/h2-3,10-11,16H,4-9H2,1H3,(H,17,19)/t11-/m1/s1. The number of nitrogens with one attached hydrogen (secondary N) is 2. The van der Waals surface area contributed by atoms with Gasteiger partial charge in [0, 0.05) is 31.9 Å². The molecule has 3 rings (SSSR count). The number of hydrogen-bond donors (Lipinski definition) is 2. The summed E-state index contributed by atoms with van der Waals surface area (Å²) in [5.74, 6) is -0.427. The van der Waals surface area contributed by atoms with Crippen molar-refractivity contribution in [3.63, 3.8) is 0 Å². The van der Waals surface area contributed by atoms with Crippen LogP contribution in [0, 0.1) is 0 Å². The molecule has 1 saturated heterocycles. The Labute approximate surface area is 136 Å². The van der Waals surface area contributed by atoms with E-state index in [0.29, 0.717) is 32.0 Å². The third kappa shape index (κ3) is 3.55. The molecule has 1 atom stereocenters. The average molecular weight is 339 g/mol. The van der Waals surface area contributed by atoms with Gasteiger partial charge in [0.15, 0.2) is 0 Å². The quantitative estimate of drug-likeness (QED) is 0.808. The summed E-state index contributed by atoms with van der Waals surface area (Å²) in [6.45, 7) is 5.81. The minimum atomic E-state index is -3.57. The van der Waals surface area contributed by atoms with E-state index in [1.807, 2.05) is 0 Å². The number of hydrogen-bond acceptors (Lipinski definition) is 5. The van der Waals surface area contributed by atoms with E-state index in [9.17, 15) is 13.2 Å². The maximum atomic E-state index is 12.4. The van der Waals surface area contributed by atoms with Gasteiger partial charge in [0.2, 0.25) is 15.9 Å². The summed E-state index contributed by atoms with van der Waals surface area (Å²) in [5, 5.41) is 2.74. The van der Waals surface area contributed by atoms with Gasteiger partial charge in [-0.25, -0.2) is 13.1 Å². The van der Waals surface area contributed by atoms with Crippen molar-refractivity contribution in [3.8, 4) is 0 Å². The van der Waals surface area contributed by atoms with Gasteiger partial charge in [0.1, 0.15) is 0 Å². The van der Waals surface area contributed by atoms with E-state index in [2.05, 4.69) is 14.9 Å². The fraction of sp³-hybridized carbons (Fsp3) is 0.533. The molecule has 0 aliphatic carbocycles. The van der Waals surface area contributed by atoms with Crippen LogP contribution < -0.4 is 10.0 Å². The van der Waals surface area contributed by atoms with Gasteiger partial charge in [-0.05, 0) is 30.7 Å². The summed E-state index contributed by atoms with van der Waals surface area (Å²) in [6.07, 6.45) is 0. The second-order valence-electron chi connectivity index (χ2n) is 5.81. The Bertz CT molecular complexity index is 699. The molecule has 0 saturated carbocycles. The molecule has 0 bridgehead atoms. The molecule has 2 heterocycles. The number of benzene rings is 1. The number of sulfonamides is 1. The number of anilines is 1. The zero-order valence-electron chi connectivity index (χ0n) is 13.0. The number of amides is 1. The number of nitrogens with zero attached hydrogens (tertiary/aromatic N) is 1. The van der Waals surface area contributed by atoms with Crippen LogP contribution in [0.5, 0.6) is 0 Å². The molecular weight excluding hydrogens is 318 g/mol. The van der Waals surface area contributed by atoms with Gasteiger partial charge in [-0.1, -0.05) is 0 Å². The Kier molecular flexibility index (Phi) is 4.67. The first-order chi connectivity index (χ1) is 11.0. The van der Waals surface area contributed by atoms with Crippen molar-refractivity contribution in [3.05, 3.63) is 23.8 Å². The van der Waals surface area contributed by atoms with Crippen molar-refractivity contribution in [1.29, 1.82) is 0 Å². The number of rotatable bonds is 5. The fourth-order valence-electron chi connectivity index (χ4n) is 2.81. The van der Waals surface area contributed by atoms with E-state index in [0.717, 1.165) is 18.7 Å². The highest BCUT2D eigenvalue weighted by molar-refractivity contribution is 7.89. The average Bonchev–Trinajstić information content (AvgIpc) is 2.83. The second kappa shape index (κ2) is 6.56. The van der Waals surface area contributed by atoms with E-state index in [4.69, 9.17) is 4.74 Å². The van der Waals surface area contributed by atoms with Gasteiger partial charge < -0.3 is 10.1 Å². The van der Waals surface area contributed by atoms with E-state index in [-0.39, 0.29) is 16.7 Å². The minimum absolute atomic E-state index is 0.102. The van der Waals surface area contributed by atoms with E-state index >= 15 is 0 Å². The summed E-state index contributed by atoms with van der Waals surface area (Å²) in [6, 6.07) is 4.75. The maximum Gasteiger partial charge on any atom is 0.240 e. The van der Waals surface area contributed by atoms with Crippen molar-refractivity contribution < 1.29 is 17.9 Å². The maximum absolute atomic E-state index is 12.4. The number of ether oxygens (including phenoxy) is 1. The van der Waals surface area contributed by atoms with Gasteiger partial charge in [-0.2, -0.15) is 0 Å². The fourth-order valence-corrected chi connectivity index (χ4v) is 3.86. The lowest BCUT2D eigenvalue weighted by atomic mass is 10.0. The van der Waals surface area contributed by atoms with Crippen molar-refractivity contribution in [2.45, 2.75) is 17.7 Å². The molecule has 2 aliphatic heterocycles.